The van der Waals surface area contributed by atoms with Crippen LogP contribution >= 0.6 is 0 Å². The SMILES string of the molecule is CONC(=O)C(OC)(OC)c1ccccc1. The van der Waals surface area contributed by atoms with Gasteiger partial charge >= 0.3 is 5.91 Å². The zero-order valence-corrected chi connectivity index (χ0v) is 9.52. The topological polar surface area (TPSA) is 56.8 Å². The summed E-state index contributed by atoms with van der Waals surface area (Å²) < 4.78 is 10.3. The molecule has 0 unspecified atom stereocenters. The number of hydrogen-bond acceptors (Lipinski definition) is 4. The normalized spacial score (nSPS) is 11.2. The largest absolute Gasteiger partial charge is 0.342 e. The van der Waals surface area contributed by atoms with E-state index in [0.29, 0.717) is 5.56 Å². The standard InChI is InChI=1S/C11H15NO4/c1-14-11(15-2,10(13)12-16-3)9-7-5-4-6-8-9/h4-8H,1-3H3,(H,12,13). The molecule has 0 spiro atoms. The monoisotopic (exact) mass is 225 g/mol. The van der Waals surface area contributed by atoms with E-state index in [1.165, 1.54) is 21.3 Å². The highest BCUT2D eigenvalue weighted by Crippen LogP contribution is 2.26. The van der Waals surface area contributed by atoms with Gasteiger partial charge in [-0.1, -0.05) is 30.3 Å². The third-order valence-corrected chi connectivity index (χ3v) is 2.22. The molecule has 0 bridgehead atoms. The molecule has 1 aromatic carbocycles. The molecule has 1 rings (SSSR count). The Balaban J connectivity index is 3.10. The van der Waals surface area contributed by atoms with Crippen molar-refractivity contribution in [2.45, 2.75) is 5.79 Å². The summed E-state index contributed by atoms with van der Waals surface area (Å²) >= 11 is 0. The van der Waals surface area contributed by atoms with Gasteiger partial charge in [0.05, 0.1) is 7.11 Å². The minimum atomic E-state index is -1.49. The van der Waals surface area contributed by atoms with Gasteiger partial charge < -0.3 is 9.47 Å². The number of ether oxygens (including phenoxy) is 2. The second kappa shape index (κ2) is 5.60. The van der Waals surface area contributed by atoms with Gasteiger partial charge in [0.2, 0.25) is 0 Å². The molecule has 16 heavy (non-hydrogen) atoms. The van der Waals surface area contributed by atoms with Gasteiger partial charge in [-0.2, -0.15) is 0 Å². The van der Waals surface area contributed by atoms with Crippen molar-refractivity contribution < 1.29 is 19.1 Å². The van der Waals surface area contributed by atoms with Gasteiger partial charge in [0.15, 0.2) is 0 Å². The molecule has 0 aromatic heterocycles. The fraction of sp³-hybridized carbons (Fsp3) is 0.364. The molecule has 0 saturated heterocycles. The van der Waals surface area contributed by atoms with Crippen LogP contribution in [-0.2, 0) is 24.9 Å². The molecule has 0 aliphatic rings. The number of hydroxylamine groups is 1. The Labute approximate surface area is 94.3 Å². The minimum absolute atomic E-state index is 0.522. The first kappa shape index (κ1) is 12.6. The highest BCUT2D eigenvalue weighted by Gasteiger charge is 2.41. The number of amides is 1. The molecule has 0 aliphatic heterocycles. The van der Waals surface area contributed by atoms with Crippen LogP contribution in [0.25, 0.3) is 0 Å². The Morgan fingerprint density at radius 3 is 2.12 bits per heavy atom. The van der Waals surface area contributed by atoms with Gasteiger partial charge in [0.25, 0.3) is 5.79 Å². The van der Waals surface area contributed by atoms with Crippen molar-refractivity contribution in [3.8, 4) is 0 Å². The summed E-state index contributed by atoms with van der Waals surface area (Å²) in [4.78, 5) is 16.4. The first-order valence-electron chi connectivity index (χ1n) is 4.70. The van der Waals surface area contributed by atoms with E-state index in [4.69, 9.17) is 9.47 Å². The Kier molecular flexibility index (Phi) is 4.42. The van der Waals surface area contributed by atoms with Crippen molar-refractivity contribution in [3.63, 3.8) is 0 Å². The maximum absolute atomic E-state index is 11.8. The van der Waals surface area contributed by atoms with Crippen LogP contribution in [-0.4, -0.2) is 27.2 Å². The van der Waals surface area contributed by atoms with Crippen LogP contribution in [0.2, 0.25) is 0 Å². The molecule has 0 saturated carbocycles. The molecule has 5 nitrogen and oxygen atoms in total. The van der Waals surface area contributed by atoms with Crippen molar-refractivity contribution >= 4 is 5.91 Å². The third kappa shape index (κ3) is 2.21. The average molecular weight is 225 g/mol. The summed E-state index contributed by atoms with van der Waals surface area (Å²) in [6.45, 7) is 0. The van der Waals surface area contributed by atoms with Gasteiger partial charge in [0.1, 0.15) is 0 Å². The second-order valence-electron chi connectivity index (χ2n) is 3.03. The number of rotatable bonds is 5. The predicted octanol–water partition coefficient (Wildman–Crippen LogP) is 0.810. The van der Waals surface area contributed by atoms with E-state index >= 15 is 0 Å². The first-order chi connectivity index (χ1) is 7.71. The third-order valence-electron chi connectivity index (χ3n) is 2.22. The van der Waals surface area contributed by atoms with Crippen LogP contribution in [0.1, 0.15) is 5.56 Å². The lowest BCUT2D eigenvalue weighted by Gasteiger charge is -2.28. The van der Waals surface area contributed by atoms with Crippen LogP contribution in [0.3, 0.4) is 0 Å². The Morgan fingerprint density at radius 1 is 1.12 bits per heavy atom. The molecule has 1 N–H and O–H groups in total. The van der Waals surface area contributed by atoms with Crippen molar-refractivity contribution in [3.05, 3.63) is 35.9 Å². The molecule has 1 amide bonds. The zero-order valence-electron chi connectivity index (χ0n) is 9.52. The van der Waals surface area contributed by atoms with Crippen molar-refractivity contribution in [2.75, 3.05) is 21.3 Å². The minimum Gasteiger partial charge on any atom is -0.342 e. The van der Waals surface area contributed by atoms with E-state index in [2.05, 4.69) is 10.3 Å². The maximum atomic E-state index is 11.8. The Hall–Kier alpha value is -1.43. The molecular weight excluding hydrogens is 210 g/mol. The summed E-state index contributed by atoms with van der Waals surface area (Å²) in [6.07, 6.45) is 0. The molecule has 5 heteroatoms. The Morgan fingerprint density at radius 2 is 1.69 bits per heavy atom. The molecule has 88 valence electrons. The fourth-order valence-corrected chi connectivity index (χ4v) is 1.45. The van der Waals surface area contributed by atoms with Crippen molar-refractivity contribution in [1.29, 1.82) is 0 Å². The second-order valence-corrected chi connectivity index (χ2v) is 3.03. The van der Waals surface area contributed by atoms with Crippen LogP contribution in [0.5, 0.6) is 0 Å². The lowest BCUT2D eigenvalue weighted by molar-refractivity contribution is -0.223. The van der Waals surface area contributed by atoms with Gasteiger partial charge in [-0.25, -0.2) is 5.48 Å². The molecule has 0 radical (unpaired) electrons. The van der Waals surface area contributed by atoms with E-state index in [-0.39, 0.29) is 0 Å². The number of carbonyl (C=O) groups excluding carboxylic acids is 1. The van der Waals surface area contributed by atoms with Gasteiger partial charge in [-0.3, -0.25) is 9.63 Å². The van der Waals surface area contributed by atoms with Crippen molar-refractivity contribution in [2.24, 2.45) is 0 Å². The summed E-state index contributed by atoms with van der Waals surface area (Å²) in [5, 5.41) is 0. The lowest BCUT2D eigenvalue weighted by atomic mass is 10.1. The predicted molar refractivity (Wildman–Crippen MR) is 57.3 cm³/mol. The van der Waals surface area contributed by atoms with E-state index < -0.39 is 11.7 Å². The lowest BCUT2D eigenvalue weighted by Crippen LogP contribution is -2.47. The van der Waals surface area contributed by atoms with Gasteiger partial charge in [0, 0.05) is 19.8 Å². The number of benzene rings is 1. The molecule has 0 heterocycles. The first-order valence-corrected chi connectivity index (χ1v) is 4.70. The summed E-state index contributed by atoms with van der Waals surface area (Å²) in [5.74, 6) is -2.01. The number of carbonyl (C=O) groups is 1. The van der Waals surface area contributed by atoms with Gasteiger partial charge in [-0.15, -0.1) is 0 Å². The Bertz CT molecular complexity index is 335. The highest BCUT2D eigenvalue weighted by atomic mass is 16.7. The molecular formula is C11H15NO4. The quantitative estimate of drug-likeness (QED) is 0.595. The molecule has 0 fully saturated rings. The zero-order chi connectivity index (χ0) is 12.0. The molecule has 0 aliphatic carbocycles. The number of methoxy groups -OCH3 is 2. The fourth-order valence-electron chi connectivity index (χ4n) is 1.45. The van der Waals surface area contributed by atoms with Crippen LogP contribution in [0.4, 0.5) is 0 Å². The van der Waals surface area contributed by atoms with E-state index in [1.54, 1.807) is 24.3 Å². The van der Waals surface area contributed by atoms with Crippen LogP contribution in [0, 0.1) is 0 Å². The number of hydrogen-bond donors (Lipinski definition) is 1. The van der Waals surface area contributed by atoms with Crippen LogP contribution < -0.4 is 5.48 Å². The summed E-state index contributed by atoms with van der Waals surface area (Å²) in [5.41, 5.74) is 2.79. The average Bonchev–Trinajstić information content (AvgIpc) is 2.33. The smallest absolute Gasteiger partial charge is 0.308 e. The maximum Gasteiger partial charge on any atom is 0.308 e. The highest BCUT2D eigenvalue weighted by molar-refractivity contribution is 5.84. The summed E-state index contributed by atoms with van der Waals surface area (Å²) in [6, 6.07) is 8.91. The number of nitrogens with one attached hydrogen (secondary N) is 1. The summed E-state index contributed by atoms with van der Waals surface area (Å²) in [7, 11) is 4.14. The van der Waals surface area contributed by atoms with Gasteiger partial charge in [-0.05, 0) is 0 Å². The van der Waals surface area contributed by atoms with Crippen molar-refractivity contribution in [1.82, 2.24) is 5.48 Å². The molecule has 1 aromatic rings. The van der Waals surface area contributed by atoms with E-state index in [1.807, 2.05) is 6.07 Å². The molecule has 0 atom stereocenters. The van der Waals surface area contributed by atoms with Crippen LogP contribution in [0.15, 0.2) is 30.3 Å². The van der Waals surface area contributed by atoms with E-state index in [9.17, 15) is 4.79 Å². The van der Waals surface area contributed by atoms with E-state index in [0.717, 1.165) is 0 Å².